The van der Waals surface area contributed by atoms with Gasteiger partial charge in [0.25, 0.3) is 5.92 Å². The van der Waals surface area contributed by atoms with E-state index < -0.39 is 13.1 Å². The Morgan fingerprint density at radius 1 is 0.958 bits per heavy atom. The molecule has 0 spiro atoms. The lowest BCUT2D eigenvalue weighted by molar-refractivity contribution is 0.0178. The minimum atomic E-state index is -3.02. The fraction of sp³-hybridized carbons (Fsp3) is 0.515. The number of anilines is 4. The highest BCUT2D eigenvalue weighted by molar-refractivity contribution is 7.70. The van der Waals surface area contributed by atoms with Gasteiger partial charge in [0.15, 0.2) is 11.5 Å². The third-order valence-corrected chi connectivity index (χ3v) is 10.3. The molecule has 48 heavy (non-hydrogen) atoms. The van der Waals surface area contributed by atoms with E-state index in [1.54, 1.807) is 31.5 Å². The lowest BCUT2D eigenvalue weighted by atomic mass is 9.98. The number of nitrogens with one attached hydrogen (secondary N) is 1. The molecule has 1 aromatic heterocycles. The van der Waals surface area contributed by atoms with Crippen molar-refractivity contribution >= 4 is 47.1 Å². The highest BCUT2D eigenvalue weighted by Crippen LogP contribution is 2.45. The zero-order valence-electron chi connectivity index (χ0n) is 28.7. The van der Waals surface area contributed by atoms with E-state index in [4.69, 9.17) is 31.5 Å². The molecule has 0 unspecified atom stereocenters. The molecule has 0 radical (unpaired) electrons. The van der Waals surface area contributed by atoms with Gasteiger partial charge in [0.1, 0.15) is 12.9 Å². The van der Waals surface area contributed by atoms with Gasteiger partial charge in [0, 0.05) is 75.2 Å². The van der Waals surface area contributed by atoms with Crippen LogP contribution in [0.15, 0.2) is 36.7 Å². The predicted molar refractivity (Wildman–Crippen MR) is 190 cm³/mol. The average molecular weight is 710 g/mol. The van der Waals surface area contributed by atoms with Crippen molar-refractivity contribution in [2.45, 2.75) is 31.7 Å². The molecule has 3 heterocycles. The molecule has 11 nitrogen and oxygen atoms in total. The van der Waals surface area contributed by atoms with Gasteiger partial charge in [-0.3, -0.25) is 4.90 Å². The maximum absolute atomic E-state index is 14.7. The fourth-order valence-electron chi connectivity index (χ4n) is 6.09. The first kappa shape index (κ1) is 37.4. The van der Waals surface area contributed by atoms with Crippen LogP contribution in [0.2, 0.25) is 5.02 Å². The van der Waals surface area contributed by atoms with Crippen molar-refractivity contribution < 1.29 is 27.6 Å². The van der Waals surface area contributed by atoms with Crippen LogP contribution in [0.3, 0.4) is 0 Å². The van der Waals surface area contributed by atoms with Crippen LogP contribution in [0, 0.1) is 0 Å². The van der Waals surface area contributed by atoms with Gasteiger partial charge < -0.3 is 39.6 Å². The van der Waals surface area contributed by atoms with Crippen molar-refractivity contribution in [2.24, 2.45) is 0 Å². The summed E-state index contributed by atoms with van der Waals surface area (Å²) in [6.07, 6.45) is 4.80. The third kappa shape index (κ3) is 9.19. The minimum absolute atomic E-state index is 0.0437. The smallest absolute Gasteiger partial charge is 0.272 e. The summed E-state index contributed by atoms with van der Waals surface area (Å²) in [4.78, 5) is 15.1. The van der Waals surface area contributed by atoms with Crippen LogP contribution < -0.4 is 35.5 Å². The molecule has 3 aromatic rings. The molecule has 264 valence electrons. The molecule has 2 aromatic carbocycles. The van der Waals surface area contributed by atoms with Gasteiger partial charge in [-0.15, -0.1) is 0 Å². The topological polar surface area (TPSA) is 118 Å². The van der Waals surface area contributed by atoms with Crippen LogP contribution in [-0.2, 0) is 10.5 Å². The second-order valence-electron chi connectivity index (χ2n) is 12.5. The number of hydrogen-bond donors (Lipinski definition) is 2. The molecule has 0 saturated carbocycles. The number of piperazine rings is 1. The normalized spacial score (nSPS) is 16.6. The molecule has 0 amide bonds. The maximum Gasteiger partial charge on any atom is 0.272 e. The first-order valence-electron chi connectivity index (χ1n) is 15.7. The number of ether oxygens (including phenoxy) is 3. The quantitative estimate of drug-likeness (QED) is 0.209. The molecular formula is C33H47ClF2N7O4P. The number of aromatic nitrogens is 2. The molecule has 2 aliphatic rings. The van der Waals surface area contributed by atoms with Crippen LogP contribution in [0.4, 0.5) is 31.8 Å². The van der Waals surface area contributed by atoms with E-state index in [2.05, 4.69) is 37.0 Å². The van der Waals surface area contributed by atoms with Crippen molar-refractivity contribution in [3.05, 3.63) is 47.2 Å². The third-order valence-electron chi connectivity index (χ3n) is 8.61. The number of alkyl halides is 2. The van der Waals surface area contributed by atoms with Gasteiger partial charge >= 0.3 is 0 Å². The summed E-state index contributed by atoms with van der Waals surface area (Å²) < 4.78 is 57.4. The minimum Gasteiger partial charge on any atom is -0.494 e. The number of benzene rings is 2. The van der Waals surface area contributed by atoms with Gasteiger partial charge in [-0.2, -0.15) is 0 Å². The standard InChI is InChI=1S/C23H31ClF2N6O.C10H16NO3P/c1-23(25,26)18-12-19(29-22-27-14-16(24)15-28-22)21(33-3)13-20(18)32-6-4-17(5-7-32)31-10-8-30(2)9-11-31;1-13-8-6-5-7(11)10(9(8)14-2)15(3,4)12/h12-15,17H,4-11H2,1-3H3,(H,27,28,29);5-6H,11H2,1-4H3. The van der Waals surface area contributed by atoms with Crippen molar-refractivity contribution in [3.63, 3.8) is 0 Å². The lowest BCUT2D eigenvalue weighted by Gasteiger charge is -2.43. The molecule has 15 heteroatoms. The Morgan fingerprint density at radius 3 is 2.08 bits per heavy atom. The summed E-state index contributed by atoms with van der Waals surface area (Å²) in [5.41, 5.74) is 7.12. The summed E-state index contributed by atoms with van der Waals surface area (Å²) in [7, 11) is 4.24. The molecule has 0 bridgehead atoms. The summed E-state index contributed by atoms with van der Waals surface area (Å²) in [5.74, 6) is -1.30. The number of hydrogen-bond acceptors (Lipinski definition) is 11. The van der Waals surface area contributed by atoms with Crippen molar-refractivity contribution in [1.82, 2.24) is 19.8 Å². The first-order valence-corrected chi connectivity index (χ1v) is 18.7. The highest BCUT2D eigenvalue weighted by atomic mass is 35.5. The van der Waals surface area contributed by atoms with Crippen molar-refractivity contribution in [1.29, 1.82) is 0 Å². The second-order valence-corrected chi connectivity index (χ2v) is 16.0. The Morgan fingerprint density at radius 2 is 1.56 bits per heavy atom. The van der Waals surface area contributed by atoms with E-state index in [0.29, 0.717) is 50.7 Å². The highest BCUT2D eigenvalue weighted by Gasteiger charge is 2.34. The Balaban J connectivity index is 0.000000291. The van der Waals surface area contributed by atoms with E-state index in [-0.39, 0.29) is 11.5 Å². The van der Waals surface area contributed by atoms with Crippen molar-refractivity contribution in [3.8, 4) is 17.2 Å². The Kier molecular flexibility index (Phi) is 12.4. The number of nitrogens with two attached hydrogens (primary N) is 1. The number of nitrogens with zero attached hydrogens (tertiary/aromatic N) is 5. The first-order chi connectivity index (χ1) is 22.7. The van der Waals surface area contributed by atoms with Gasteiger partial charge in [-0.1, -0.05) is 11.6 Å². The van der Waals surface area contributed by atoms with Crippen LogP contribution in [-0.4, -0.2) is 107 Å². The van der Waals surface area contributed by atoms with Crippen molar-refractivity contribution in [2.75, 3.05) is 96.9 Å². The molecule has 2 saturated heterocycles. The van der Waals surface area contributed by atoms with Crippen LogP contribution >= 0.6 is 18.7 Å². The summed E-state index contributed by atoms with van der Waals surface area (Å²) in [5, 5.41) is 3.92. The molecule has 0 aliphatic carbocycles. The van der Waals surface area contributed by atoms with Gasteiger partial charge in [-0.05, 0) is 51.4 Å². The van der Waals surface area contributed by atoms with Crippen LogP contribution in [0.25, 0.3) is 0 Å². The Hall–Kier alpha value is -3.38. The number of halogens is 3. The lowest BCUT2D eigenvalue weighted by Crippen LogP contribution is -2.52. The van der Waals surface area contributed by atoms with E-state index >= 15 is 0 Å². The SMILES string of the molecule is COc1cc(N2CCC(N3CCN(C)CC3)CC2)c(C(C)(F)F)cc1Nc1ncc(Cl)cn1.COc1ccc(N)c(P(C)(C)=O)c1OC. The molecule has 2 fully saturated rings. The van der Waals surface area contributed by atoms with E-state index in [9.17, 15) is 13.3 Å². The van der Waals surface area contributed by atoms with E-state index in [0.717, 1.165) is 59.0 Å². The fourth-order valence-corrected chi connectivity index (χ4v) is 7.57. The monoisotopic (exact) mass is 709 g/mol. The Labute approximate surface area is 287 Å². The number of rotatable bonds is 9. The number of piperidine rings is 1. The molecule has 5 rings (SSSR count). The number of methoxy groups -OCH3 is 3. The summed E-state index contributed by atoms with van der Waals surface area (Å²) >= 11 is 5.84. The van der Waals surface area contributed by atoms with Gasteiger partial charge in [0.2, 0.25) is 5.95 Å². The largest absolute Gasteiger partial charge is 0.494 e. The predicted octanol–water partition coefficient (Wildman–Crippen LogP) is 5.74. The Bertz CT molecular complexity index is 1570. The zero-order chi connectivity index (χ0) is 35.2. The zero-order valence-corrected chi connectivity index (χ0v) is 30.4. The van der Waals surface area contributed by atoms with E-state index in [1.807, 2.05) is 0 Å². The van der Waals surface area contributed by atoms with Gasteiger partial charge in [0.05, 0.1) is 49.7 Å². The van der Waals surface area contributed by atoms with E-state index in [1.165, 1.54) is 39.8 Å². The molecular weight excluding hydrogens is 663 g/mol. The maximum atomic E-state index is 14.7. The van der Waals surface area contributed by atoms with Crippen LogP contribution in [0.1, 0.15) is 25.3 Å². The second kappa shape index (κ2) is 15.9. The number of likely N-dealkylation sites (N-methyl/N-ethyl adjacent to an activating group) is 1. The molecule has 0 atom stereocenters. The summed E-state index contributed by atoms with van der Waals surface area (Å²) in [6.45, 7) is 10.00. The average Bonchev–Trinajstić information content (AvgIpc) is 3.05. The molecule has 2 aliphatic heterocycles. The van der Waals surface area contributed by atoms with Crippen LogP contribution in [0.5, 0.6) is 17.2 Å². The molecule has 3 N–H and O–H groups in total. The number of nitrogen functional groups attached to an aromatic ring is 1. The summed E-state index contributed by atoms with van der Waals surface area (Å²) in [6, 6.07) is 7.02. The van der Waals surface area contributed by atoms with Gasteiger partial charge in [-0.25, -0.2) is 18.7 Å².